The summed E-state index contributed by atoms with van der Waals surface area (Å²) in [5.41, 5.74) is 3.23. The van der Waals surface area contributed by atoms with Gasteiger partial charge in [-0.05, 0) is 5.92 Å². The van der Waals surface area contributed by atoms with Gasteiger partial charge < -0.3 is 20.2 Å². The number of nitrogen functional groups attached to an aromatic ring is 1. The van der Waals surface area contributed by atoms with Gasteiger partial charge in [0, 0.05) is 18.9 Å². The van der Waals surface area contributed by atoms with Crippen LogP contribution in [0.5, 0.6) is 0 Å². The number of aliphatic hydroxyl groups excluding tert-OH is 1. The summed E-state index contributed by atoms with van der Waals surface area (Å²) < 4.78 is 1.83. The van der Waals surface area contributed by atoms with E-state index in [0.29, 0.717) is 23.8 Å². The minimum Gasteiger partial charge on any atom is -0.391 e. The van der Waals surface area contributed by atoms with Crippen LogP contribution in [0.25, 0.3) is 5.65 Å². The average molecular weight is 278 g/mol. The molecule has 0 fully saturated rings. The van der Waals surface area contributed by atoms with E-state index < -0.39 is 6.10 Å². The third-order valence-electron chi connectivity index (χ3n) is 3.59. The zero-order valence-electron chi connectivity index (χ0n) is 11.9. The molecule has 1 atom stereocenters. The maximum Gasteiger partial charge on any atom is 0.180 e. The maximum absolute atomic E-state index is 10.2. The molecule has 0 amide bonds. The summed E-state index contributed by atoms with van der Waals surface area (Å²) >= 11 is 0. The van der Waals surface area contributed by atoms with Gasteiger partial charge in [0.05, 0.1) is 12.3 Å². The van der Waals surface area contributed by atoms with Crippen molar-refractivity contribution in [3.8, 4) is 0 Å². The molecule has 110 valence electrons. The van der Waals surface area contributed by atoms with Gasteiger partial charge in [-0.1, -0.05) is 26.7 Å². The van der Waals surface area contributed by atoms with Crippen molar-refractivity contribution in [3.05, 3.63) is 18.6 Å². The molecular formula is C13H22N6O. The lowest BCUT2D eigenvalue weighted by Gasteiger charge is -2.20. The molecule has 20 heavy (non-hydrogen) atoms. The van der Waals surface area contributed by atoms with Crippen LogP contribution in [-0.4, -0.2) is 32.1 Å². The minimum absolute atomic E-state index is 0.286. The molecule has 0 saturated heterocycles. The zero-order valence-corrected chi connectivity index (χ0v) is 11.9. The number of fused-ring (bicyclic) bond motifs is 1. The molecule has 2 aromatic heterocycles. The number of rotatable bonds is 7. The number of hydrogen-bond donors (Lipinski definition) is 4. The molecule has 0 aliphatic rings. The van der Waals surface area contributed by atoms with Gasteiger partial charge >= 0.3 is 0 Å². The predicted octanol–water partition coefficient (Wildman–Crippen LogP) is 1.22. The fourth-order valence-electron chi connectivity index (χ4n) is 2.32. The average Bonchev–Trinajstić information content (AvgIpc) is 2.94. The second kappa shape index (κ2) is 6.53. The van der Waals surface area contributed by atoms with E-state index in [1.54, 1.807) is 12.4 Å². The second-order valence-electron chi connectivity index (χ2n) is 4.80. The molecule has 7 nitrogen and oxygen atoms in total. The first-order valence-corrected chi connectivity index (χ1v) is 6.91. The molecule has 5 N–H and O–H groups in total. The van der Waals surface area contributed by atoms with Gasteiger partial charge in [0.2, 0.25) is 0 Å². The van der Waals surface area contributed by atoms with E-state index in [9.17, 15) is 5.11 Å². The Hall–Kier alpha value is -1.86. The molecule has 0 aliphatic heterocycles. The zero-order chi connectivity index (χ0) is 14.5. The van der Waals surface area contributed by atoms with E-state index in [1.807, 2.05) is 10.6 Å². The highest BCUT2D eigenvalue weighted by Crippen LogP contribution is 2.18. The lowest BCUT2D eigenvalue weighted by Crippen LogP contribution is -2.28. The van der Waals surface area contributed by atoms with Gasteiger partial charge in [-0.15, -0.1) is 0 Å². The number of nitrogens with two attached hydrogens (primary N) is 1. The van der Waals surface area contributed by atoms with Gasteiger partial charge in [0.15, 0.2) is 17.3 Å². The summed E-state index contributed by atoms with van der Waals surface area (Å²) in [6.07, 6.45) is 6.77. The van der Waals surface area contributed by atoms with Crippen molar-refractivity contribution < 1.29 is 5.11 Å². The fourth-order valence-corrected chi connectivity index (χ4v) is 2.32. The maximum atomic E-state index is 10.2. The topological polar surface area (TPSA) is 100 Å². The van der Waals surface area contributed by atoms with Crippen molar-refractivity contribution >= 4 is 17.3 Å². The lowest BCUT2D eigenvalue weighted by molar-refractivity contribution is 0.114. The quantitative estimate of drug-likeness (QED) is 0.449. The number of hydrogen-bond acceptors (Lipinski definition) is 6. The summed E-state index contributed by atoms with van der Waals surface area (Å²) in [4.78, 5) is 8.58. The van der Waals surface area contributed by atoms with Crippen LogP contribution in [0, 0.1) is 5.92 Å². The monoisotopic (exact) mass is 278 g/mol. The molecule has 0 saturated carbocycles. The molecule has 2 heterocycles. The molecular weight excluding hydrogens is 256 g/mol. The van der Waals surface area contributed by atoms with Crippen molar-refractivity contribution in [2.75, 3.05) is 17.3 Å². The molecule has 0 bridgehead atoms. The Kier molecular flexibility index (Phi) is 4.75. The molecule has 0 radical (unpaired) electrons. The Labute approximate surface area is 118 Å². The number of nitrogens with one attached hydrogen (secondary N) is 2. The van der Waals surface area contributed by atoms with Crippen LogP contribution < -0.4 is 16.6 Å². The van der Waals surface area contributed by atoms with Crippen molar-refractivity contribution in [1.82, 2.24) is 14.4 Å². The van der Waals surface area contributed by atoms with E-state index in [4.69, 9.17) is 5.84 Å². The van der Waals surface area contributed by atoms with E-state index in [2.05, 4.69) is 34.6 Å². The molecule has 0 spiro atoms. The number of aromatic nitrogens is 3. The number of nitrogens with zero attached hydrogens (tertiary/aromatic N) is 3. The molecule has 1 unspecified atom stereocenters. The van der Waals surface area contributed by atoms with Crippen LogP contribution in [0.4, 0.5) is 11.6 Å². The third kappa shape index (κ3) is 3.00. The number of anilines is 2. The van der Waals surface area contributed by atoms with Crippen LogP contribution in [0.15, 0.2) is 18.6 Å². The molecule has 2 rings (SSSR count). The number of imidazole rings is 1. The summed E-state index contributed by atoms with van der Waals surface area (Å²) in [5.74, 6) is 6.83. The van der Waals surface area contributed by atoms with Crippen molar-refractivity contribution in [3.63, 3.8) is 0 Å². The van der Waals surface area contributed by atoms with Gasteiger partial charge in [-0.3, -0.25) is 0 Å². The van der Waals surface area contributed by atoms with Gasteiger partial charge in [0.1, 0.15) is 0 Å². The van der Waals surface area contributed by atoms with Gasteiger partial charge in [0.25, 0.3) is 0 Å². The molecule has 7 heteroatoms. The minimum atomic E-state index is -0.406. The van der Waals surface area contributed by atoms with Crippen LogP contribution in [0.1, 0.15) is 26.7 Å². The highest BCUT2D eigenvalue weighted by Gasteiger charge is 2.16. The van der Waals surface area contributed by atoms with E-state index in [-0.39, 0.29) is 5.92 Å². The van der Waals surface area contributed by atoms with Gasteiger partial charge in [-0.2, -0.15) is 0 Å². The van der Waals surface area contributed by atoms with Crippen molar-refractivity contribution in [2.45, 2.75) is 32.8 Å². The Morgan fingerprint density at radius 3 is 2.80 bits per heavy atom. The standard InChI is InChI=1S/C13H22N6O/c1-3-9(4-2)10(20)7-16-12-13-15-5-6-19(13)8-11(17-12)18-14/h5-6,8-10,18,20H,3-4,7,14H2,1-2H3,(H,16,17). The summed E-state index contributed by atoms with van der Waals surface area (Å²) in [7, 11) is 0. The normalized spacial score (nSPS) is 12.8. The Bertz CT molecular complexity index is 551. The highest BCUT2D eigenvalue weighted by molar-refractivity contribution is 5.65. The molecule has 0 aliphatic carbocycles. The highest BCUT2D eigenvalue weighted by atomic mass is 16.3. The first-order valence-electron chi connectivity index (χ1n) is 6.91. The number of hydrazine groups is 1. The van der Waals surface area contributed by atoms with E-state index >= 15 is 0 Å². The van der Waals surface area contributed by atoms with Crippen LogP contribution >= 0.6 is 0 Å². The van der Waals surface area contributed by atoms with Gasteiger partial charge in [-0.25, -0.2) is 15.8 Å². The summed E-state index contributed by atoms with van der Waals surface area (Å²) in [6.45, 7) is 4.61. The lowest BCUT2D eigenvalue weighted by atomic mass is 9.97. The summed E-state index contributed by atoms with van der Waals surface area (Å²) in [5, 5.41) is 13.3. The second-order valence-corrected chi connectivity index (χ2v) is 4.80. The first-order chi connectivity index (χ1) is 9.69. The van der Waals surface area contributed by atoms with Crippen molar-refractivity contribution in [2.24, 2.45) is 11.8 Å². The Balaban J connectivity index is 2.14. The van der Waals surface area contributed by atoms with E-state index in [1.165, 1.54) is 0 Å². The fraction of sp³-hybridized carbons (Fsp3) is 0.538. The van der Waals surface area contributed by atoms with Crippen molar-refractivity contribution in [1.29, 1.82) is 0 Å². The molecule has 0 aromatic carbocycles. The van der Waals surface area contributed by atoms with Crippen LogP contribution in [0.2, 0.25) is 0 Å². The number of aliphatic hydroxyl groups is 1. The van der Waals surface area contributed by atoms with Crippen LogP contribution in [0.3, 0.4) is 0 Å². The summed E-state index contributed by atoms with van der Waals surface area (Å²) in [6, 6.07) is 0. The SMILES string of the molecule is CCC(CC)C(O)CNc1nc(NN)cn2ccnc12. The predicted molar refractivity (Wildman–Crippen MR) is 79.4 cm³/mol. The Morgan fingerprint density at radius 2 is 2.15 bits per heavy atom. The first kappa shape index (κ1) is 14.5. The van der Waals surface area contributed by atoms with Crippen LogP contribution in [-0.2, 0) is 0 Å². The van der Waals surface area contributed by atoms with E-state index in [0.717, 1.165) is 12.8 Å². The smallest absolute Gasteiger partial charge is 0.180 e. The third-order valence-corrected chi connectivity index (χ3v) is 3.59. The Morgan fingerprint density at radius 1 is 1.40 bits per heavy atom. The molecule has 2 aromatic rings. The largest absolute Gasteiger partial charge is 0.391 e.